The lowest BCUT2D eigenvalue weighted by atomic mass is 10.3. The van der Waals surface area contributed by atoms with Crippen LogP contribution >= 0.6 is 23.1 Å². The molecule has 0 saturated carbocycles. The number of halogens is 2. The van der Waals surface area contributed by atoms with Crippen LogP contribution in [0.4, 0.5) is 8.78 Å². The number of hydrogen-bond acceptors (Lipinski definition) is 4. The summed E-state index contributed by atoms with van der Waals surface area (Å²) in [5.74, 6) is 4.00. The molecule has 0 saturated heterocycles. The van der Waals surface area contributed by atoms with Gasteiger partial charge in [-0.2, -0.15) is 0 Å². The second-order valence-corrected chi connectivity index (χ2v) is 5.79. The fourth-order valence-corrected chi connectivity index (χ4v) is 3.26. The summed E-state index contributed by atoms with van der Waals surface area (Å²) in [5.41, 5.74) is 2.05. The van der Waals surface area contributed by atoms with E-state index in [0.717, 1.165) is 10.9 Å². The number of nitrogen functional groups attached to an aromatic ring is 1. The molecule has 0 spiro atoms. The molecule has 19 heavy (non-hydrogen) atoms. The highest BCUT2D eigenvalue weighted by atomic mass is 32.2. The van der Waals surface area contributed by atoms with Crippen molar-refractivity contribution < 1.29 is 13.6 Å². The topological polar surface area (TPSA) is 55.1 Å². The van der Waals surface area contributed by atoms with Crippen molar-refractivity contribution in [3.05, 3.63) is 51.7 Å². The van der Waals surface area contributed by atoms with Crippen LogP contribution in [-0.2, 0) is 5.75 Å². The van der Waals surface area contributed by atoms with Crippen LogP contribution in [0.5, 0.6) is 0 Å². The van der Waals surface area contributed by atoms with Gasteiger partial charge in [0.15, 0.2) is 0 Å². The molecule has 1 aromatic heterocycles. The Bertz CT molecular complexity index is 601. The number of hydrogen-bond donors (Lipinski definition) is 2. The largest absolute Gasteiger partial charge is 0.289 e. The number of carbonyl (C=O) groups excluding carboxylic acids is 1. The molecule has 1 aromatic carbocycles. The third-order valence-corrected chi connectivity index (χ3v) is 4.64. The Balaban J connectivity index is 2.02. The maximum atomic E-state index is 13.4. The molecule has 7 heteroatoms. The van der Waals surface area contributed by atoms with Crippen molar-refractivity contribution in [2.24, 2.45) is 5.84 Å². The lowest BCUT2D eigenvalue weighted by molar-refractivity contribution is 0.0957. The summed E-state index contributed by atoms with van der Waals surface area (Å²) in [6.45, 7) is 0. The lowest BCUT2D eigenvalue weighted by Crippen LogP contribution is -2.29. The number of nitrogens with two attached hydrogens (primary N) is 1. The van der Waals surface area contributed by atoms with Crippen LogP contribution in [-0.4, -0.2) is 5.91 Å². The quantitative estimate of drug-likeness (QED) is 0.395. The first-order valence-electron chi connectivity index (χ1n) is 5.27. The van der Waals surface area contributed by atoms with Crippen molar-refractivity contribution in [2.45, 2.75) is 10.6 Å². The van der Waals surface area contributed by atoms with Gasteiger partial charge in [-0.05, 0) is 24.3 Å². The zero-order valence-electron chi connectivity index (χ0n) is 9.65. The smallest absolute Gasteiger partial charge is 0.275 e. The highest BCUT2D eigenvalue weighted by Crippen LogP contribution is 2.28. The number of benzene rings is 1. The molecule has 0 unspecified atom stereocenters. The molecule has 3 nitrogen and oxygen atoms in total. The van der Waals surface area contributed by atoms with Crippen molar-refractivity contribution in [3.63, 3.8) is 0 Å². The molecule has 2 aromatic rings. The molecule has 0 radical (unpaired) electrons. The van der Waals surface area contributed by atoms with E-state index in [2.05, 4.69) is 0 Å². The summed E-state index contributed by atoms with van der Waals surface area (Å²) in [6.07, 6.45) is 0. The number of carbonyl (C=O) groups is 1. The fraction of sp³-hybridized carbons (Fsp3) is 0.0833. The van der Waals surface area contributed by atoms with Gasteiger partial charge in [-0.3, -0.25) is 10.2 Å². The van der Waals surface area contributed by atoms with E-state index in [0.29, 0.717) is 15.5 Å². The van der Waals surface area contributed by atoms with E-state index < -0.39 is 11.6 Å². The van der Waals surface area contributed by atoms with Gasteiger partial charge in [0.05, 0.1) is 4.88 Å². The molecule has 0 fully saturated rings. The van der Waals surface area contributed by atoms with Crippen LogP contribution in [0.15, 0.2) is 35.2 Å². The van der Waals surface area contributed by atoms with Crippen LogP contribution in [0, 0.1) is 11.6 Å². The molecule has 0 aliphatic rings. The number of rotatable bonds is 4. The minimum absolute atomic E-state index is 0.353. The number of thioether (sulfide) groups is 1. The van der Waals surface area contributed by atoms with Crippen molar-refractivity contribution in [1.29, 1.82) is 0 Å². The Kier molecular flexibility index (Phi) is 4.52. The van der Waals surface area contributed by atoms with E-state index in [4.69, 9.17) is 5.84 Å². The monoisotopic (exact) mass is 300 g/mol. The third kappa shape index (κ3) is 3.52. The van der Waals surface area contributed by atoms with Gasteiger partial charge in [0.25, 0.3) is 5.91 Å². The molecule has 0 aliphatic heterocycles. The predicted molar refractivity (Wildman–Crippen MR) is 71.9 cm³/mol. The minimum Gasteiger partial charge on any atom is -0.289 e. The standard InChI is InChI=1S/C12H10F2N2OS2/c13-7-1-3-10(9(14)5-7)18-6-8-2-4-11(19-8)12(17)16-15/h1-5H,6,15H2,(H,16,17). The molecule has 100 valence electrons. The van der Waals surface area contributed by atoms with Crippen LogP contribution in [0.25, 0.3) is 0 Å². The predicted octanol–water partition coefficient (Wildman–Crippen LogP) is 2.92. The van der Waals surface area contributed by atoms with E-state index in [1.54, 1.807) is 12.1 Å². The Morgan fingerprint density at radius 3 is 2.79 bits per heavy atom. The number of hydrazine groups is 1. The van der Waals surface area contributed by atoms with Gasteiger partial charge in [0.2, 0.25) is 0 Å². The molecule has 0 atom stereocenters. The van der Waals surface area contributed by atoms with Crippen LogP contribution < -0.4 is 11.3 Å². The molecule has 0 bridgehead atoms. The Morgan fingerprint density at radius 1 is 1.32 bits per heavy atom. The normalized spacial score (nSPS) is 10.5. The van der Waals surface area contributed by atoms with E-state index in [-0.39, 0.29) is 5.91 Å². The first-order chi connectivity index (χ1) is 9.10. The summed E-state index contributed by atoms with van der Waals surface area (Å²) in [4.78, 5) is 13.0. The summed E-state index contributed by atoms with van der Waals surface area (Å²) in [6, 6.07) is 6.90. The average Bonchev–Trinajstić information content (AvgIpc) is 2.85. The zero-order chi connectivity index (χ0) is 13.8. The van der Waals surface area contributed by atoms with Gasteiger partial charge >= 0.3 is 0 Å². The van der Waals surface area contributed by atoms with Crippen molar-refractivity contribution in [3.8, 4) is 0 Å². The number of thiophene rings is 1. The van der Waals surface area contributed by atoms with E-state index in [1.165, 1.54) is 35.2 Å². The van der Waals surface area contributed by atoms with Crippen LogP contribution in [0.3, 0.4) is 0 Å². The molecule has 1 heterocycles. The van der Waals surface area contributed by atoms with Crippen molar-refractivity contribution in [2.75, 3.05) is 0 Å². The van der Waals surface area contributed by atoms with E-state index in [1.807, 2.05) is 5.43 Å². The first-order valence-corrected chi connectivity index (χ1v) is 7.08. The SMILES string of the molecule is NNC(=O)c1ccc(CSc2ccc(F)cc2F)s1. The van der Waals surface area contributed by atoms with Crippen molar-refractivity contribution in [1.82, 2.24) is 5.43 Å². The second-order valence-electron chi connectivity index (χ2n) is 3.60. The Hall–Kier alpha value is -1.44. The summed E-state index contributed by atoms with van der Waals surface area (Å²) < 4.78 is 26.1. The number of nitrogens with one attached hydrogen (secondary N) is 1. The van der Waals surface area contributed by atoms with Crippen LogP contribution in [0.1, 0.15) is 14.5 Å². The van der Waals surface area contributed by atoms with Gasteiger partial charge in [-0.25, -0.2) is 14.6 Å². The third-order valence-electron chi connectivity index (χ3n) is 2.28. The summed E-state index contributed by atoms with van der Waals surface area (Å²) in [7, 11) is 0. The van der Waals surface area contributed by atoms with Crippen molar-refractivity contribution >= 4 is 29.0 Å². The maximum absolute atomic E-state index is 13.4. The molecular formula is C12H10F2N2OS2. The molecule has 0 aliphatic carbocycles. The lowest BCUT2D eigenvalue weighted by Gasteiger charge is -2.01. The second kappa shape index (κ2) is 6.14. The molecule has 1 amide bonds. The van der Waals surface area contributed by atoms with Gasteiger partial charge in [0, 0.05) is 21.6 Å². The van der Waals surface area contributed by atoms with E-state index in [9.17, 15) is 13.6 Å². The highest BCUT2D eigenvalue weighted by Gasteiger charge is 2.09. The average molecular weight is 300 g/mol. The minimum atomic E-state index is -0.597. The van der Waals surface area contributed by atoms with Crippen LogP contribution in [0.2, 0.25) is 0 Å². The summed E-state index contributed by atoms with van der Waals surface area (Å²) in [5, 5.41) is 0. The molecule has 2 rings (SSSR count). The summed E-state index contributed by atoms with van der Waals surface area (Å²) >= 11 is 2.53. The van der Waals surface area contributed by atoms with Gasteiger partial charge in [0.1, 0.15) is 11.6 Å². The number of amides is 1. The first kappa shape index (κ1) is 14.0. The maximum Gasteiger partial charge on any atom is 0.275 e. The molecule has 3 N–H and O–H groups in total. The van der Waals surface area contributed by atoms with E-state index >= 15 is 0 Å². The fourth-order valence-electron chi connectivity index (χ4n) is 1.39. The Labute approximate surface area is 116 Å². The van der Waals surface area contributed by atoms with Gasteiger partial charge in [-0.1, -0.05) is 0 Å². The van der Waals surface area contributed by atoms with Gasteiger partial charge in [-0.15, -0.1) is 23.1 Å². The van der Waals surface area contributed by atoms with Gasteiger partial charge < -0.3 is 0 Å². The highest BCUT2D eigenvalue weighted by molar-refractivity contribution is 7.98. The zero-order valence-corrected chi connectivity index (χ0v) is 11.3. The Morgan fingerprint density at radius 2 is 2.11 bits per heavy atom. The molecular weight excluding hydrogens is 290 g/mol.